The molecule has 39 heavy (non-hydrogen) atoms. The number of fused-ring (bicyclic) bond motifs is 1. The summed E-state index contributed by atoms with van der Waals surface area (Å²) < 4.78 is 5.46. The van der Waals surface area contributed by atoms with Crippen LogP contribution >= 0.6 is 0 Å². The molecule has 0 radical (unpaired) electrons. The van der Waals surface area contributed by atoms with Crippen LogP contribution in [0.4, 0.5) is 17.5 Å². The van der Waals surface area contributed by atoms with E-state index in [2.05, 4.69) is 31.4 Å². The van der Waals surface area contributed by atoms with E-state index in [4.69, 9.17) is 14.7 Å². The van der Waals surface area contributed by atoms with Crippen molar-refractivity contribution < 1.29 is 14.6 Å². The van der Waals surface area contributed by atoms with Gasteiger partial charge >= 0.3 is 0 Å². The van der Waals surface area contributed by atoms with Gasteiger partial charge in [-0.1, -0.05) is 24.3 Å². The lowest BCUT2D eigenvalue weighted by atomic mass is 10.1. The smallest absolute Gasteiger partial charge is 0.274 e. The van der Waals surface area contributed by atoms with Gasteiger partial charge in [-0.15, -0.1) is 0 Å². The van der Waals surface area contributed by atoms with Crippen LogP contribution in [-0.2, 0) is 0 Å². The zero-order valence-electron chi connectivity index (χ0n) is 22.1. The molecule has 0 saturated carbocycles. The maximum Gasteiger partial charge on any atom is 0.274 e. The minimum atomic E-state index is -0.332. The van der Waals surface area contributed by atoms with Gasteiger partial charge in [0.25, 0.3) is 5.91 Å². The summed E-state index contributed by atoms with van der Waals surface area (Å²) in [5.41, 5.74) is 0.917. The molecule has 1 aromatic heterocycles. The molecule has 2 aromatic carbocycles. The van der Waals surface area contributed by atoms with Gasteiger partial charge in [-0.05, 0) is 11.5 Å². The number of β-amino-alcohol motifs (C(OH)–C–C–N with tert-alkyl or cyclic N) is 1. The average molecular weight is 531 g/mol. The number of nitrogens with one attached hydrogen (secondary N) is 2. The van der Waals surface area contributed by atoms with Crippen LogP contribution in [0.1, 0.15) is 16.9 Å². The molecule has 2 fully saturated rings. The van der Waals surface area contributed by atoms with Crippen LogP contribution in [0, 0.1) is 11.3 Å². The number of piperazine rings is 2. The summed E-state index contributed by atoms with van der Waals surface area (Å²) in [7, 11) is 1.60. The Morgan fingerprint density at radius 3 is 2.74 bits per heavy atom. The predicted octanol–water partition coefficient (Wildman–Crippen LogP) is 1.70. The highest BCUT2D eigenvalue weighted by molar-refractivity contribution is 6.09. The van der Waals surface area contributed by atoms with Crippen LogP contribution in [0.3, 0.4) is 0 Å². The Labute approximate surface area is 228 Å². The standard InChI is InChI=1S/C28H34N8O3/c1-39-22-16-20-4-2-3-5-23(20)24(17-22)31-27(38)25-18-26(36-9-8-30-21(19-36)6-7-29)33-28(32-25)35-12-10-34(11-13-35)14-15-37/h2-5,16-18,21,30,37H,6,8-15,19H2,1H3,(H,31,38)/t21-/m0/s1. The van der Waals surface area contributed by atoms with Crippen LogP contribution < -0.4 is 25.2 Å². The lowest BCUT2D eigenvalue weighted by Gasteiger charge is -2.36. The molecule has 2 aliphatic heterocycles. The Hall–Kier alpha value is -3.98. The molecule has 0 unspecified atom stereocenters. The summed E-state index contributed by atoms with van der Waals surface area (Å²) in [6, 6.07) is 15.6. The van der Waals surface area contributed by atoms with Crippen LogP contribution in [0.5, 0.6) is 5.75 Å². The van der Waals surface area contributed by atoms with Crippen molar-refractivity contribution in [3.05, 3.63) is 48.2 Å². The second-order valence-corrected chi connectivity index (χ2v) is 9.77. The molecule has 11 heteroatoms. The summed E-state index contributed by atoms with van der Waals surface area (Å²) in [5.74, 6) is 1.49. The van der Waals surface area contributed by atoms with Crippen molar-refractivity contribution in [3.63, 3.8) is 0 Å². The maximum atomic E-state index is 13.7. The minimum Gasteiger partial charge on any atom is -0.497 e. The van der Waals surface area contributed by atoms with Gasteiger partial charge in [0.1, 0.15) is 17.3 Å². The van der Waals surface area contributed by atoms with E-state index in [1.807, 2.05) is 36.4 Å². The Kier molecular flexibility index (Phi) is 8.36. The molecular weight excluding hydrogens is 496 g/mol. The van der Waals surface area contributed by atoms with Crippen molar-refractivity contribution in [3.8, 4) is 11.8 Å². The minimum absolute atomic E-state index is 0.0321. The van der Waals surface area contributed by atoms with E-state index in [1.54, 1.807) is 13.2 Å². The number of rotatable bonds is 8. The molecular formula is C28H34N8O3. The molecule has 0 aliphatic carbocycles. The quantitative estimate of drug-likeness (QED) is 0.396. The van der Waals surface area contributed by atoms with E-state index < -0.39 is 0 Å². The van der Waals surface area contributed by atoms with Crippen LogP contribution in [0.15, 0.2) is 42.5 Å². The number of nitriles is 1. The van der Waals surface area contributed by atoms with Gasteiger partial charge < -0.3 is 30.3 Å². The number of aliphatic hydroxyl groups excluding tert-OH is 1. The molecule has 5 rings (SSSR count). The maximum absolute atomic E-state index is 13.7. The topological polar surface area (TPSA) is 130 Å². The van der Waals surface area contributed by atoms with Crippen LogP contribution in [0.25, 0.3) is 10.8 Å². The van der Waals surface area contributed by atoms with Crippen molar-refractivity contribution >= 4 is 34.1 Å². The summed E-state index contributed by atoms with van der Waals surface area (Å²) >= 11 is 0. The summed E-state index contributed by atoms with van der Waals surface area (Å²) in [6.07, 6.45) is 0.400. The Bertz CT molecular complexity index is 1350. The highest BCUT2D eigenvalue weighted by Crippen LogP contribution is 2.30. The second-order valence-electron chi connectivity index (χ2n) is 9.77. The normalized spacial score (nSPS) is 18.1. The molecule has 204 valence electrons. The molecule has 1 atom stereocenters. The van der Waals surface area contributed by atoms with Gasteiger partial charge in [-0.2, -0.15) is 10.2 Å². The van der Waals surface area contributed by atoms with Gasteiger partial charge in [-0.25, -0.2) is 4.98 Å². The van der Waals surface area contributed by atoms with E-state index >= 15 is 0 Å². The third-order valence-electron chi connectivity index (χ3n) is 7.24. The molecule has 2 aliphatic rings. The number of hydrogen-bond donors (Lipinski definition) is 3. The number of aliphatic hydroxyl groups is 1. The predicted molar refractivity (Wildman–Crippen MR) is 150 cm³/mol. The lowest BCUT2D eigenvalue weighted by Crippen LogP contribution is -2.51. The molecule has 3 heterocycles. The van der Waals surface area contributed by atoms with Crippen LogP contribution in [-0.4, -0.2) is 98.0 Å². The first-order valence-electron chi connectivity index (χ1n) is 13.3. The first-order valence-corrected chi connectivity index (χ1v) is 13.3. The molecule has 11 nitrogen and oxygen atoms in total. The SMILES string of the molecule is COc1cc(NC(=O)c2cc(N3CCN[C@@H](CC#N)C3)nc(N3CCN(CCO)CC3)n2)c2ccccc2c1. The number of carbonyl (C=O) groups is 1. The molecule has 0 spiro atoms. The van der Waals surface area contributed by atoms with Crippen LogP contribution in [0.2, 0.25) is 0 Å². The largest absolute Gasteiger partial charge is 0.497 e. The van der Waals surface area contributed by atoms with Crippen molar-refractivity contribution in [2.75, 3.05) is 81.2 Å². The van der Waals surface area contributed by atoms with Gasteiger partial charge in [0, 0.05) is 75.9 Å². The Morgan fingerprint density at radius 1 is 1.15 bits per heavy atom. The van der Waals surface area contributed by atoms with Gasteiger partial charge in [0.15, 0.2) is 0 Å². The lowest BCUT2D eigenvalue weighted by molar-refractivity contribution is 0.102. The fourth-order valence-electron chi connectivity index (χ4n) is 5.13. The molecule has 0 bridgehead atoms. The number of aromatic nitrogens is 2. The number of benzene rings is 2. The number of methoxy groups -OCH3 is 1. The summed E-state index contributed by atoms with van der Waals surface area (Å²) in [5, 5.41) is 26.8. The van der Waals surface area contributed by atoms with Crippen molar-refractivity contribution in [2.45, 2.75) is 12.5 Å². The van der Waals surface area contributed by atoms with Gasteiger partial charge in [0.05, 0.1) is 31.9 Å². The molecule has 1 amide bonds. The molecule has 3 N–H and O–H groups in total. The zero-order valence-corrected chi connectivity index (χ0v) is 22.1. The highest BCUT2D eigenvalue weighted by atomic mass is 16.5. The van der Waals surface area contributed by atoms with E-state index in [9.17, 15) is 15.2 Å². The first kappa shape index (κ1) is 26.6. The molecule has 2 saturated heterocycles. The van der Waals surface area contributed by atoms with Crippen molar-refractivity contribution in [1.82, 2.24) is 20.2 Å². The van der Waals surface area contributed by atoms with Crippen molar-refractivity contribution in [1.29, 1.82) is 5.26 Å². The summed E-state index contributed by atoms with van der Waals surface area (Å²) in [6.45, 7) is 5.78. The average Bonchev–Trinajstić information content (AvgIpc) is 2.97. The number of anilines is 3. The fourth-order valence-corrected chi connectivity index (χ4v) is 5.13. The number of carbonyl (C=O) groups excluding carboxylic acids is 1. The highest BCUT2D eigenvalue weighted by Gasteiger charge is 2.25. The van der Waals surface area contributed by atoms with E-state index in [0.29, 0.717) is 62.3 Å². The second kappa shape index (κ2) is 12.3. The monoisotopic (exact) mass is 530 g/mol. The first-order chi connectivity index (χ1) is 19.1. The van der Waals surface area contributed by atoms with E-state index in [0.717, 1.165) is 30.4 Å². The number of amides is 1. The van der Waals surface area contributed by atoms with Gasteiger partial charge in [-0.3, -0.25) is 9.69 Å². The van der Waals surface area contributed by atoms with E-state index in [-0.39, 0.29) is 24.2 Å². The Morgan fingerprint density at radius 2 is 1.97 bits per heavy atom. The summed E-state index contributed by atoms with van der Waals surface area (Å²) in [4.78, 5) is 29.6. The van der Waals surface area contributed by atoms with E-state index in [1.165, 1.54) is 0 Å². The van der Waals surface area contributed by atoms with Crippen molar-refractivity contribution in [2.24, 2.45) is 0 Å². The number of nitrogens with zero attached hydrogens (tertiary/aromatic N) is 6. The number of ether oxygens (including phenoxy) is 1. The fraction of sp³-hybridized carbons (Fsp3) is 0.429. The zero-order chi connectivity index (χ0) is 27.2. The third kappa shape index (κ3) is 6.20. The molecule has 3 aromatic rings. The Balaban J connectivity index is 1.46. The number of hydrogen-bond acceptors (Lipinski definition) is 10. The third-order valence-corrected chi connectivity index (χ3v) is 7.24. The van der Waals surface area contributed by atoms with Gasteiger partial charge in [0.2, 0.25) is 5.95 Å².